The van der Waals surface area contributed by atoms with Crippen molar-refractivity contribution < 1.29 is 4.74 Å². The number of H-pyrrole nitrogens is 1. The van der Waals surface area contributed by atoms with E-state index in [9.17, 15) is 4.79 Å². The Morgan fingerprint density at radius 3 is 3.08 bits per heavy atom. The average molecular weight is 344 g/mol. The van der Waals surface area contributed by atoms with Gasteiger partial charge in [-0.25, -0.2) is 4.98 Å². The third-order valence-corrected chi connectivity index (χ3v) is 5.58. The third-order valence-electron chi connectivity index (χ3n) is 5.58. The Labute approximate surface area is 148 Å². The van der Waals surface area contributed by atoms with E-state index in [4.69, 9.17) is 9.72 Å². The predicted molar refractivity (Wildman–Crippen MR) is 97.7 cm³/mol. The molecular weight excluding hydrogens is 316 g/mol. The van der Waals surface area contributed by atoms with E-state index in [1.54, 1.807) is 0 Å². The molecule has 0 bridgehead atoms. The minimum atomic E-state index is 0.0507. The van der Waals surface area contributed by atoms with Crippen LogP contribution in [0.2, 0.25) is 0 Å². The zero-order valence-corrected chi connectivity index (χ0v) is 15.0. The van der Waals surface area contributed by atoms with E-state index in [1.807, 2.05) is 6.26 Å². The van der Waals surface area contributed by atoms with Crippen molar-refractivity contribution in [1.82, 2.24) is 14.9 Å². The number of aromatic amines is 1. The molecule has 1 aromatic heterocycles. The normalized spacial score (nSPS) is 27.0. The van der Waals surface area contributed by atoms with E-state index >= 15 is 0 Å². The van der Waals surface area contributed by atoms with Gasteiger partial charge in [-0.1, -0.05) is 6.92 Å². The SMILES string of the molecule is C[C@@H]1CCCN(c2nc3c(c(=O)[nH]2)CCN(C[C@H]2CCC=CO2)C3)C1. The first-order chi connectivity index (χ1) is 12.2. The molecule has 0 saturated carbocycles. The summed E-state index contributed by atoms with van der Waals surface area (Å²) in [5.41, 5.74) is 1.87. The molecule has 1 saturated heterocycles. The largest absolute Gasteiger partial charge is 0.497 e. The van der Waals surface area contributed by atoms with E-state index in [1.165, 1.54) is 12.8 Å². The van der Waals surface area contributed by atoms with Crippen LogP contribution in [0.5, 0.6) is 0 Å². The number of anilines is 1. The zero-order valence-electron chi connectivity index (χ0n) is 15.0. The van der Waals surface area contributed by atoms with E-state index in [0.717, 1.165) is 69.2 Å². The number of hydrogen-bond donors (Lipinski definition) is 1. The molecule has 0 amide bonds. The van der Waals surface area contributed by atoms with E-state index in [0.29, 0.717) is 5.92 Å². The molecule has 6 heteroatoms. The van der Waals surface area contributed by atoms with Crippen molar-refractivity contribution in [3.8, 4) is 0 Å². The van der Waals surface area contributed by atoms with Gasteiger partial charge in [-0.2, -0.15) is 0 Å². The number of allylic oxidation sites excluding steroid dienone is 1. The lowest BCUT2D eigenvalue weighted by Crippen LogP contribution is -2.42. The van der Waals surface area contributed by atoms with Gasteiger partial charge in [-0.15, -0.1) is 0 Å². The molecule has 6 nitrogen and oxygen atoms in total. The molecule has 136 valence electrons. The van der Waals surface area contributed by atoms with E-state index < -0.39 is 0 Å². The monoisotopic (exact) mass is 344 g/mol. The molecule has 1 N–H and O–H groups in total. The number of aromatic nitrogens is 2. The van der Waals surface area contributed by atoms with Crippen molar-refractivity contribution in [2.75, 3.05) is 31.1 Å². The number of hydrogen-bond acceptors (Lipinski definition) is 5. The summed E-state index contributed by atoms with van der Waals surface area (Å²) in [6.45, 7) is 6.80. The highest BCUT2D eigenvalue weighted by atomic mass is 16.5. The van der Waals surface area contributed by atoms with E-state index in [2.05, 4.69) is 27.8 Å². The summed E-state index contributed by atoms with van der Waals surface area (Å²) < 4.78 is 5.70. The second-order valence-corrected chi connectivity index (χ2v) is 7.70. The Hall–Kier alpha value is -1.82. The standard InChI is InChI=1S/C19H28N4O2/c1-14-5-4-8-23(11-14)19-20-17-13-22(9-7-16(17)18(24)21-19)12-15-6-2-3-10-25-15/h3,10,14-15H,2,4-9,11-13H2,1H3,(H,20,21,24)/t14-,15-/m1/s1. The first kappa shape index (κ1) is 16.6. The summed E-state index contributed by atoms with van der Waals surface area (Å²) in [6, 6.07) is 0. The highest BCUT2D eigenvalue weighted by Gasteiger charge is 2.26. The van der Waals surface area contributed by atoms with Gasteiger partial charge >= 0.3 is 0 Å². The van der Waals surface area contributed by atoms with Gasteiger partial charge < -0.3 is 9.64 Å². The summed E-state index contributed by atoms with van der Waals surface area (Å²) in [5, 5.41) is 0. The highest BCUT2D eigenvalue weighted by Crippen LogP contribution is 2.22. The van der Waals surface area contributed by atoms with Crippen molar-refractivity contribution in [3.05, 3.63) is 33.9 Å². The summed E-state index contributed by atoms with van der Waals surface area (Å²) in [7, 11) is 0. The quantitative estimate of drug-likeness (QED) is 0.909. The Morgan fingerprint density at radius 2 is 2.28 bits per heavy atom. The molecule has 25 heavy (non-hydrogen) atoms. The molecular formula is C19H28N4O2. The second kappa shape index (κ2) is 7.20. The van der Waals surface area contributed by atoms with Crippen LogP contribution < -0.4 is 10.5 Å². The predicted octanol–water partition coefficient (Wildman–Crippen LogP) is 2.06. The maximum absolute atomic E-state index is 12.5. The average Bonchev–Trinajstić information content (AvgIpc) is 2.62. The van der Waals surface area contributed by atoms with Gasteiger partial charge in [0.25, 0.3) is 5.56 Å². The molecule has 0 radical (unpaired) electrons. The molecule has 4 heterocycles. The van der Waals surface area contributed by atoms with Crippen LogP contribution in [-0.2, 0) is 17.7 Å². The van der Waals surface area contributed by atoms with Crippen LogP contribution >= 0.6 is 0 Å². The van der Waals surface area contributed by atoms with Crippen LogP contribution in [0, 0.1) is 5.92 Å². The Morgan fingerprint density at radius 1 is 1.36 bits per heavy atom. The summed E-state index contributed by atoms with van der Waals surface area (Å²) in [6.07, 6.45) is 9.52. The smallest absolute Gasteiger partial charge is 0.255 e. The van der Waals surface area contributed by atoms with Crippen molar-refractivity contribution in [3.63, 3.8) is 0 Å². The van der Waals surface area contributed by atoms with Crippen molar-refractivity contribution in [2.45, 2.75) is 51.7 Å². The van der Waals surface area contributed by atoms with Gasteiger partial charge in [0, 0.05) is 38.3 Å². The first-order valence-corrected chi connectivity index (χ1v) is 9.59. The molecule has 3 aliphatic rings. The molecule has 1 aromatic rings. The maximum Gasteiger partial charge on any atom is 0.255 e. The van der Waals surface area contributed by atoms with Gasteiger partial charge in [-0.3, -0.25) is 14.7 Å². The number of nitrogens with zero attached hydrogens (tertiary/aromatic N) is 3. The van der Waals surface area contributed by atoms with E-state index in [-0.39, 0.29) is 11.7 Å². The Bertz CT molecular complexity index is 699. The minimum absolute atomic E-state index is 0.0507. The summed E-state index contributed by atoms with van der Waals surface area (Å²) >= 11 is 0. The Balaban J connectivity index is 1.50. The number of nitrogens with one attached hydrogen (secondary N) is 1. The summed E-state index contributed by atoms with van der Waals surface area (Å²) in [4.78, 5) is 25.0. The number of piperidine rings is 1. The van der Waals surface area contributed by atoms with Crippen LogP contribution in [0.3, 0.4) is 0 Å². The molecule has 0 aromatic carbocycles. The topological polar surface area (TPSA) is 61.5 Å². The number of fused-ring (bicyclic) bond motifs is 1. The van der Waals surface area contributed by atoms with Crippen LogP contribution in [0.15, 0.2) is 17.1 Å². The molecule has 4 rings (SSSR count). The fourth-order valence-electron chi connectivity index (χ4n) is 4.18. The van der Waals surface area contributed by atoms with Gasteiger partial charge in [0.05, 0.1) is 12.0 Å². The molecule has 0 aliphatic carbocycles. The number of rotatable bonds is 3. The fraction of sp³-hybridized carbons (Fsp3) is 0.684. The highest BCUT2D eigenvalue weighted by molar-refractivity contribution is 5.35. The molecule has 0 unspecified atom stereocenters. The van der Waals surface area contributed by atoms with Crippen LogP contribution in [0.1, 0.15) is 43.9 Å². The van der Waals surface area contributed by atoms with Crippen molar-refractivity contribution in [1.29, 1.82) is 0 Å². The lowest BCUT2D eigenvalue weighted by Gasteiger charge is -2.34. The Kier molecular flexibility index (Phi) is 4.79. The van der Waals surface area contributed by atoms with Gasteiger partial charge in [0.1, 0.15) is 6.10 Å². The fourth-order valence-corrected chi connectivity index (χ4v) is 4.18. The molecule has 0 spiro atoms. The maximum atomic E-state index is 12.5. The van der Waals surface area contributed by atoms with Gasteiger partial charge in [-0.05, 0) is 44.1 Å². The van der Waals surface area contributed by atoms with Gasteiger partial charge in [0.2, 0.25) is 5.95 Å². The van der Waals surface area contributed by atoms with Gasteiger partial charge in [0.15, 0.2) is 0 Å². The third kappa shape index (κ3) is 3.73. The van der Waals surface area contributed by atoms with Crippen LogP contribution in [0.25, 0.3) is 0 Å². The molecule has 2 atom stereocenters. The molecule has 1 fully saturated rings. The lowest BCUT2D eigenvalue weighted by atomic mass is 10.0. The van der Waals surface area contributed by atoms with Crippen molar-refractivity contribution >= 4 is 5.95 Å². The minimum Gasteiger partial charge on any atom is -0.497 e. The van der Waals surface area contributed by atoms with Crippen LogP contribution in [-0.4, -0.2) is 47.2 Å². The first-order valence-electron chi connectivity index (χ1n) is 9.59. The number of ether oxygens (including phenoxy) is 1. The second-order valence-electron chi connectivity index (χ2n) is 7.70. The van der Waals surface area contributed by atoms with Crippen molar-refractivity contribution in [2.24, 2.45) is 5.92 Å². The van der Waals surface area contributed by atoms with Crippen LogP contribution in [0.4, 0.5) is 5.95 Å². The lowest BCUT2D eigenvalue weighted by molar-refractivity contribution is 0.0731. The summed E-state index contributed by atoms with van der Waals surface area (Å²) in [5.74, 6) is 1.41. The molecule has 3 aliphatic heterocycles. The zero-order chi connectivity index (χ0) is 17.2.